The fourth-order valence-corrected chi connectivity index (χ4v) is 1.59. The number of carboxylic acids is 1. The van der Waals surface area contributed by atoms with Crippen LogP contribution in [0.4, 0.5) is 5.95 Å². The second kappa shape index (κ2) is 4.38. The zero-order valence-corrected chi connectivity index (χ0v) is 9.77. The van der Waals surface area contributed by atoms with E-state index in [-0.39, 0.29) is 20.9 Å². The highest BCUT2D eigenvalue weighted by atomic mass is 127. The van der Waals surface area contributed by atoms with Crippen LogP contribution in [0.15, 0.2) is 0 Å². The Morgan fingerprint density at radius 2 is 1.93 bits per heavy atom. The third-order valence-electron chi connectivity index (χ3n) is 1.51. The van der Waals surface area contributed by atoms with Crippen LogP contribution in [0.2, 0.25) is 0 Å². The van der Waals surface area contributed by atoms with E-state index in [1.54, 1.807) is 22.6 Å². The van der Waals surface area contributed by atoms with Gasteiger partial charge in [-0.25, -0.2) is 14.8 Å². The summed E-state index contributed by atoms with van der Waals surface area (Å²) in [6, 6.07) is 0. The molecule has 1 aromatic heterocycles. The Kier molecular flexibility index (Phi) is 3.39. The number of carboxylic acid groups (broad SMARTS) is 1. The fraction of sp³-hybridized carbons (Fsp3) is 0.143. The Hall–Kier alpha value is -1.45. The SMILES string of the molecule is CNC(=O)c1nc(N)nc(C(=O)O)c1I. The maximum atomic E-state index is 11.3. The third-order valence-corrected chi connectivity index (χ3v) is 2.54. The molecule has 0 saturated carbocycles. The van der Waals surface area contributed by atoms with Crippen molar-refractivity contribution in [3.05, 3.63) is 15.0 Å². The number of anilines is 1. The lowest BCUT2D eigenvalue weighted by Gasteiger charge is -2.05. The van der Waals surface area contributed by atoms with E-state index in [0.29, 0.717) is 0 Å². The molecule has 0 aliphatic carbocycles. The van der Waals surface area contributed by atoms with Crippen LogP contribution in [0.5, 0.6) is 0 Å². The number of aromatic carboxylic acids is 1. The predicted molar refractivity (Wildman–Crippen MR) is 59.5 cm³/mol. The molecular formula is C7H7IN4O3. The number of carbonyl (C=O) groups excluding carboxylic acids is 1. The first-order chi connectivity index (χ1) is 6.97. The van der Waals surface area contributed by atoms with Crippen molar-refractivity contribution < 1.29 is 14.7 Å². The maximum absolute atomic E-state index is 11.3. The number of nitrogens with one attached hydrogen (secondary N) is 1. The average molecular weight is 322 g/mol. The number of aromatic nitrogens is 2. The van der Waals surface area contributed by atoms with Gasteiger partial charge < -0.3 is 16.2 Å². The molecule has 0 fully saturated rings. The zero-order chi connectivity index (χ0) is 11.6. The molecule has 7 nitrogen and oxygen atoms in total. The van der Waals surface area contributed by atoms with E-state index in [1.807, 2.05) is 0 Å². The van der Waals surface area contributed by atoms with Gasteiger partial charge in [0.05, 0.1) is 3.57 Å². The van der Waals surface area contributed by atoms with E-state index in [9.17, 15) is 9.59 Å². The van der Waals surface area contributed by atoms with Gasteiger partial charge in [0.15, 0.2) is 5.69 Å². The smallest absolute Gasteiger partial charge is 0.355 e. The summed E-state index contributed by atoms with van der Waals surface area (Å²) in [4.78, 5) is 29.3. The molecule has 8 heteroatoms. The first-order valence-corrected chi connectivity index (χ1v) is 4.83. The highest BCUT2D eigenvalue weighted by Crippen LogP contribution is 2.15. The molecule has 0 radical (unpaired) electrons. The first-order valence-electron chi connectivity index (χ1n) is 3.75. The van der Waals surface area contributed by atoms with Gasteiger partial charge in [-0.05, 0) is 22.6 Å². The zero-order valence-electron chi connectivity index (χ0n) is 7.61. The molecule has 1 rings (SSSR count). The topological polar surface area (TPSA) is 118 Å². The molecule has 0 bridgehead atoms. The molecule has 15 heavy (non-hydrogen) atoms. The largest absolute Gasteiger partial charge is 0.476 e. The standard InChI is InChI=1S/C7H7IN4O3/c1-10-5(13)3-2(8)4(6(14)15)12-7(9)11-3/h1H3,(H,10,13)(H,14,15)(H2,9,11,12). The number of halogens is 1. The van der Waals surface area contributed by atoms with Gasteiger partial charge in [-0.2, -0.15) is 0 Å². The number of carbonyl (C=O) groups is 2. The second-order valence-electron chi connectivity index (χ2n) is 2.48. The van der Waals surface area contributed by atoms with Crippen LogP contribution in [0.25, 0.3) is 0 Å². The third kappa shape index (κ3) is 2.32. The Balaban J connectivity index is 3.41. The molecule has 0 aliphatic heterocycles. The molecule has 0 unspecified atom stereocenters. The van der Waals surface area contributed by atoms with Crippen molar-refractivity contribution >= 4 is 40.4 Å². The summed E-state index contributed by atoms with van der Waals surface area (Å²) >= 11 is 1.69. The Morgan fingerprint density at radius 3 is 2.40 bits per heavy atom. The monoisotopic (exact) mass is 322 g/mol. The Labute approximate surface area is 98.2 Å². The molecule has 0 saturated heterocycles. The van der Waals surface area contributed by atoms with Gasteiger partial charge in [-0.1, -0.05) is 0 Å². The summed E-state index contributed by atoms with van der Waals surface area (Å²) in [5.41, 5.74) is 4.97. The second-order valence-corrected chi connectivity index (χ2v) is 3.56. The fourth-order valence-electron chi connectivity index (χ4n) is 0.875. The van der Waals surface area contributed by atoms with E-state index in [0.717, 1.165) is 0 Å². The summed E-state index contributed by atoms with van der Waals surface area (Å²) in [7, 11) is 1.41. The van der Waals surface area contributed by atoms with Crippen LogP contribution >= 0.6 is 22.6 Å². The van der Waals surface area contributed by atoms with Crippen LogP contribution < -0.4 is 11.1 Å². The van der Waals surface area contributed by atoms with E-state index in [4.69, 9.17) is 10.8 Å². The molecule has 4 N–H and O–H groups in total. The van der Waals surface area contributed by atoms with Crippen molar-refractivity contribution in [2.24, 2.45) is 0 Å². The van der Waals surface area contributed by atoms with Crippen molar-refractivity contribution in [3.63, 3.8) is 0 Å². The molecular weight excluding hydrogens is 315 g/mol. The van der Waals surface area contributed by atoms with E-state index >= 15 is 0 Å². The van der Waals surface area contributed by atoms with E-state index < -0.39 is 11.9 Å². The molecule has 0 aromatic carbocycles. The predicted octanol–water partition coefficient (Wildman–Crippen LogP) is -0.279. The summed E-state index contributed by atoms with van der Waals surface area (Å²) in [5, 5.41) is 11.1. The highest BCUT2D eigenvalue weighted by Gasteiger charge is 2.20. The molecule has 0 aliphatic rings. The van der Waals surface area contributed by atoms with Gasteiger partial charge in [0.1, 0.15) is 5.69 Å². The summed E-state index contributed by atoms with van der Waals surface area (Å²) in [6.45, 7) is 0. The Morgan fingerprint density at radius 1 is 1.40 bits per heavy atom. The number of nitrogens with two attached hydrogens (primary N) is 1. The number of amides is 1. The number of hydrogen-bond donors (Lipinski definition) is 3. The van der Waals surface area contributed by atoms with Crippen molar-refractivity contribution in [1.29, 1.82) is 0 Å². The van der Waals surface area contributed by atoms with Crippen LogP contribution in [0, 0.1) is 3.57 Å². The Bertz CT molecular complexity index is 434. The van der Waals surface area contributed by atoms with Crippen LogP contribution in [-0.4, -0.2) is 34.0 Å². The normalized spacial score (nSPS) is 9.73. The quantitative estimate of drug-likeness (QED) is 0.645. The molecule has 80 valence electrons. The van der Waals surface area contributed by atoms with Gasteiger partial charge in [0.2, 0.25) is 5.95 Å². The summed E-state index contributed by atoms with van der Waals surface area (Å²) in [5.74, 6) is -2.00. The minimum atomic E-state index is -1.25. The van der Waals surface area contributed by atoms with Crippen LogP contribution in [-0.2, 0) is 0 Å². The minimum absolute atomic E-state index is 0.0389. The van der Waals surface area contributed by atoms with Gasteiger partial charge in [0, 0.05) is 7.05 Å². The van der Waals surface area contributed by atoms with Crippen molar-refractivity contribution in [3.8, 4) is 0 Å². The van der Waals surface area contributed by atoms with Crippen molar-refractivity contribution in [2.75, 3.05) is 12.8 Å². The average Bonchev–Trinajstić information content (AvgIpc) is 2.19. The molecule has 1 aromatic rings. The number of nitrogen functional groups attached to an aromatic ring is 1. The van der Waals surface area contributed by atoms with Gasteiger partial charge in [0.25, 0.3) is 5.91 Å². The van der Waals surface area contributed by atoms with Gasteiger partial charge >= 0.3 is 5.97 Å². The lowest BCUT2D eigenvalue weighted by atomic mass is 10.3. The summed E-state index contributed by atoms with van der Waals surface area (Å²) < 4.78 is 0.161. The molecule has 0 atom stereocenters. The molecule has 1 heterocycles. The lowest BCUT2D eigenvalue weighted by molar-refractivity contribution is 0.0689. The van der Waals surface area contributed by atoms with Crippen molar-refractivity contribution in [1.82, 2.24) is 15.3 Å². The molecule has 1 amide bonds. The van der Waals surface area contributed by atoms with E-state index in [1.165, 1.54) is 7.05 Å². The number of nitrogens with zero attached hydrogens (tertiary/aromatic N) is 2. The maximum Gasteiger partial charge on any atom is 0.355 e. The van der Waals surface area contributed by atoms with Crippen LogP contribution in [0.1, 0.15) is 21.0 Å². The van der Waals surface area contributed by atoms with Crippen LogP contribution in [0.3, 0.4) is 0 Å². The van der Waals surface area contributed by atoms with E-state index in [2.05, 4.69) is 15.3 Å². The highest BCUT2D eigenvalue weighted by molar-refractivity contribution is 14.1. The van der Waals surface area contributed by atoms with Gasteiger partial charge in [-0.15, -0.1) is 0 Å². The first kappa shape index (κ1) is 11.6. The van der Waals surface area contributed by atoms with Gasteiger partial charge in [-0.3, -0.25) is 4.79 Å². The number of rotatable bonds is 2. The number of hydrogen-bond acceptors (Lipinski definition) is 5. The lowest BCUT2D eigenvalue weighted by Crippen LogP contribution is -2.23. The molecule has 0 spiro atoms. The van der Waals surface area contributed by atoms with Crippen molar-refractivity contribution in [2.45, 2.75) is 0 Å². The minimum Gasteiger partial charge on any atom is -0.476 e. The summed E-state index contributed by atoms with van der Waals surface area (Å²) in [6.07, 6.45) is 0.